The van der Waals surface area contributed by atoms with Gasteiger partial charge >= 0.3 is 12.0 Å². The summed E-state index contributed by atoms with van der Waals surface area (Å²) >= 11 is 0. The van der Waals surface area contributed by atoms with Crippen LogP contribution in [0.1, 0.15) is 30.8 Å². The molecule has 0 unspecified atom stereocenters. The average Bonchev–Trinajstić information content (AvgIpc) is 2.85. The molecular weight excluding hydrogens is 260 g/mol. The minimum Gasteiger partial charge on any atom is -0.481 e. The van der Waals surface area contributed by atoms with E-state index in [2.05, 4.69) is 20.6 Å². The molecule has 1 fully saturated rings. The third-order valence-corrected chi connectivity index (χ3v) is 3.38. The largest absolute Gasteiger partial charge is 0.481 e. The van der Waals surface area contributed by atoms with E-state index in [1.165, 1.54) is 0 Å². The summed E-state index contributed by atoms with van der Waals surface area (Å²) in [5, 5.41) is 14.4. The zero-order valence-corrected chi connectivity index (χ0v) is 11.3. The fourth-order valence-electron chi connectivity index (χ4n) is 2.35. The number of carboxylic acids is 1. The number of amides is 2. The van der Waals surface area contributed by atoms with Crippen LogP contribution < -0.4 is 10.6 Å². The molecule has 0 saturated heterocycles. The first-order valence-corrected chi connectivity index (χ1v) is 6.60. The highest BCUT2D eigenvalue weighted by Crippen LogP contribution is 2.25. The molecule has 0 bridgehead atoms. The van der Waals surface area contributed by atoms with Crippen molar-refractivity contribution in [3.63, 3.8) is 0 Å². The van der Waals surface area contributed by atoms with E-state index in [0.29, 0.717) is 31.6 Å². The maximum Gasteiger partial charge on any atom is 0.315 e. The van der Waals surface area contributed by atoms with Crippen molar-refractivity contribution in [3.05, 3.63) is 23.8 Å². The fraction of sp³-hybridized carbons (Fsp3) is 0.538. The molecule has 2 rings (SSSR count). The standard InChI is InChI=1S/C13H18N4O3/c1-8-14-5-4-11(16-8)7-15-13(20)17-10-3-2-9(6-10)12(18)19/h4-5,9-10H,2-3,6-7H2,1H3,(H,18,19)(H2,15,17,20)/t9-,10+/m1/s1. The van der Waals surface area contributed by atoms with Gasteiger partial charge in [-0.3, -0.25) is 4.79 Å². The van der Waals surface area contributed by atoms with Gasteiger partial charge in [0.2, 0.25) is 0 Å². The first-order chi connectivity index (χ1) is 9.54. The number of carbonyl (C=O) groups excluding carboxylic acids is 1. The summed E-state index contributed by atoms with van der Waals surface area (Å²) in [4.78, 5) is 30.7. The molecule has 7 nitrogen and oxygen atoms in total. The van der Waals surface area contributed by atoms with E-state index in [1.807, 2.05) is 0 Å². The van der Waals surface area contributed by atoms with Crippen molar-refractivity contribution < 1.29 is 14.7 Å². The van der Waals surface area contributed by atoms with Crippen LogP contribution in [0.3, 0.4) is 0 Å². The van der Waals surface area contributed by atoms with Crippen molar-refractivity contribution in [2.24, 2.45) is 5.92 Å². The number of rotatable bonds is 4. The summed E-state index contributed by atoms with van der Waals surface area (Å²) in [5.74, 6) is -0.471. The monoisotopic (exact) mass is 278 g/mol. The molecule has 1 heterocycles. The third-order valence-electron chi connectivity index (χ3n) is 3.38. The summed E-state index contributed by atoms with van der Waals surface area (Å²) in [6.07, 6.45) is 3.46. The average molecular weight is 278 g/mol. The first-order valence-electron chi connectivity index (χ1n) is 6.60. The van der Waals surface area contributed by atoms with Crippen LogP contribution in [-0.2, 0) is 11.3 Å². The van der Waals surface area contributed by atoms with Crippen molar-refractivity contribution in [1.82, 2.24) is 20.6 Å². The van der Waals surface area contributed by atoms with Crippen molar-refractivity contribution in [2.45, 2.75) is 38.8 Å². The molecule has 2 atom stereocenters. The smallest absolute Gasteiger partial charge is 0.315 e. The minimum absolute atomic E-state index is 0.0664. The quantitative estimate of drug-likeness (QED) is 0.757. The van der Waals surface area contributed by atoms with Gasteiger partial charge in [-0.15, -0.1) is 0 Å². The van der Waals surface area contributed by atoms with Gasteiger partial charge in [-0.05, 0) is 32.3 Å². The fourth-order valence-corrected chi connectivity index (χ4v) is 2.35. The highest BCUT2D eigenvalue weighted by atomic mass is 16.4. The lowest BCUT2D eigenvalue weighted by atomic mass is 10.1. The van der Waals surface area contributed by atoms with E-state index < -0.39 is 5.97 Å². The Morgan fingerprint density at radius 2 is 2.25 bits per heavy atom. The van der Waals surface area contributed by atoms with Gasteiger partial charge < -0.3 is 15.7 Å². The molecule has 2 amide bonds. The van der Waals surface area contributed by atoms with Gasteiger partial charge in [0.05, 0.1) is 18.2 Å². The first kappa shape index (κ1) is 14.2. The normalized spacial score (nSPS) is 21.4. The summed E-state index contributed by atoms with van der Waals surface area (Å²) in [6, 6.07) is 1.38. The molecule has 0 spiro atoms. The van der Waals surface area contributed by atoms with Crippen LogP contribution in [0.15, 0.2) is 12.3 Å². The van der Waals surface area contributed by atoms with Crippen LogP contribution in [0.5, 0.6) is 0 Å². The Balaban J connectivity index is 1.75. The lowest BCUT2D eigenvalue weighted by Crippen LogP contribution is -2.41. The Labute approximate surface area is 116 Å². The van der Waals surface area contributed by atoms with E-state index in [9.17, 15) is 9.59 Å². The summed E-state index contributed by atoms with van der Waals surface area (Å²) < 4.78 is 0. The Kier molecular flexibility index (Phi) is 4.49. The molecule has 7 heteroatoms. The minimum atomic E-state index is -0.786. The number of urea groups is 1. The molecule has 3 N–H and O–H groups in total. The zero-order chi connectivity index (χ0) is 14.5. The maximum absolute atomic E-state index is 11.7. The SMILES string of the molecule is Cc1nccc(CNC(=O)N[C@H]2CC[C@@H](C(=O)O)C2)n1. The van der Waals surface area contributed by atoms with Crippen LogP contribution in [0.4, 0.5) is 4.79 Å². The van der Waals surface area contributed by atoms with Gasteiger partial charge in [-0.2, -0.15) is 0 Å². The number of hydrogen-bond acceptors (Lipinski definition) is 4. The van der Waals surface area contributed by atoms with Crippen LogP contribution >= 0.6 is 0 Å². The van der Waals surface area contributed by atoms with Crippen molar-refractivity contribution in [3.8, 4) is 0 Å². The predicted octanol–water partition coefficient (Wildman–Crippen LogP) is 0.838. The third kappa shape index (κ3) is 3.91. The van der Waals surface area contributed by atoms with Crippen molar-refractivity contribution in [1.29, 1.82) is 0 Å². The molecule has 0 aliphatic heterocycles. The second-order valence-corrected chi connectivity index (χ2v) is 4.97. The number of carboxylic acid groups (broad SMARTS) is 1. The molecule has 20 heavy (non-hydrogen) atoms. The Hall–Kier alpha value is -2.18. The number of aryl methyl sites for hydroxylation is 1. The van der Waals surface area contributed by atoms with E-state index >= 15 is 0 Å². The van der Waals surface area contributed by atoms with Crippen LogP contribution in [0.25, 0.3) is 0 Å². The van der Waals surface area contributed by atoms with Crippen molar-refractivity contribution >= 4 is 12.0 Å². The summed E-state index contributed by atoms with van der Waals surface area (Å²) in [7, 11) is 0. The summed E-state index contributed by atoms with van der Waals surface area (Å²) in [5.41, 5.74) is 0.738. The molecule has 1 saturated carbocycles. The maximum atomic E-state index is 11.7. The van der Waals surface area contributed by atoms with Crippen LogP contribution in [0, 0.1) is 12.8 Å². The van der Waals surface area contributed by atoms with E-state index in [1.54, 1.807) is 19.2 Å². The Bertz CT molecular complexity index is 506. The number of nitrogens with one attached hydrogen (secondary N) is 2. The number of aliphatic carboxylic acids is 1. The molecule has 1 aliphatic carbocycles. The Morgan fingerprint density at radius 3 is 2.90 bits per heavy atom. The molecular formula is C13H18N4O3. The number of nitrogens with zero attached hydrogens (tertiary/aromatic N) is 2. The zero-order valence-electron chi connectivity index (χ0n) is 11.3. The van der Waals surface area contributed by atoms with E-state index in [0.717, 1.165) is 5.69 Å². The highest BCUT2D eigenvalue weighted by molar-refractivity contribution is 5.75. The van der Waals surface area contributed by atoms with E-state index in [-0.39, 0.29) is 18.0 Å². The van der Waals surface area contributed by atoms with Gasteiger partial charge in [-0.25, -0.2) is 14.8 Å². The highest BCUT2D eigenvalue weighted by Gasteiger charge is 2.30. The molecule has 0 radical (unpaired) electrons. The second kappa shape index (κ2) is 6.31. The molecule has 0 aromatic carbocycles. The van der Waals surface area contributed by atoms with Crippen molar-refractivity contribution in [2.75, 3.05) is 0 Å². The number of carbonyl (C=O) groups is 2. The molecule has 1 aromatic rings. The van der Waals surface area contributed by atoms with Crippen LogP contribution in [-0.4, -0.2) is 33.1 Å². The van der Waals surface area contributed by atoms with E-state index in [4.69, 9.17) is 5.11 Å². The molecule has 108 valence electrons. The lowest BCUT2D eigenvalue weighted by Gasteiger charge is -2.13. The van der Waals surface area contributed by atoms with Crippen LogP contribution in [0.2, 0.25) is 0 Å². The van der Waals surface area contributed by atoms with Gasteiger partial charge in [-0.1, -0.05) is 0 Å². The van der Waals surface area contributed by atoms with Gasteiger partial charge in [0, 0.05) is 12.2 Å². The second-order valence-electron chi connectivity index (χ2n) is 4.97. The number of aromatic nitrogens is 2. The number of hydrogen-bond donors (Lipinski definition) is 3. The topological polar surface area (TPSA) is 104 Å². The summed E-state index contributed by atoms with van der Waals surface area (Å²) in [6.45, 7) is 2.11. The molecule has 1 aromatic heterocycles. The van der Waals surface area contributed by atoms with Gasteiger partial charge in [0.1, 0.15) is 5.82 Å². The van der Waals surface area contributed by atoms with Gasteiger partial charge in [0.15, 0.2) is 0 Å². The predicted molar refractivity (Wildman–Crippen MR) is 70.9 cm³/mol. The van der Waals surface area contributed by atoms with Gasteiger partial charge in [0.25, 0.3) is 0 Å². The lowest BCUT2D eigenvalue weighted by molar-refractivity contribution is -0.141. The Morgan fingerprint density at radius 1 is 1.45 bits per heavy atom. The molecule has 1 aliphatic rings.